The molecule has 1 radical (unpaired) electrons. The van der Waals surface area contributed by atoms with E-state index in [-0.39, 0.29) is 0 Å². The number of rotatable bonds is 2. The molecule has 0 saturated heterocycles. The lowest BCUT2D eigenvalue weighted by atomic mass is 10.0. The summed E-state index contributed by atoms with van der Waals surface area (Å²) in [5.74, 6) is 1.59. The van der Waals surface area contributed by atoms with Gasteiger partial charge in [0, 0.05) is 0 Å². The minimum atomic E-state index is 1.02. The van der Waals surface area contributed by atoms with E-state index in [1.54, 1.807) is 5.98 Å². The van der Waals surface area contributed by atoms with Crippen molar-refractivity contribution in [3.05, 3.63) is 41.9 Å². The summed E-state index contributed by atoms with van der Waals surface area (Å²) in [5, 5.41) is 8.32. The van der Waals surface area contributed by atoms with E-state index in [1.165, 1.54) is 0 Å². The molecule has 1 aromatic rings. The Morgan fingerprint density at radius 2 is 1.90 bits per heavy atom. The van der Waals surface area contributed by atoms with Crippen LogP contribution in [0.25, 0.3) is 6.08 Å². The molecule has 0 bridgehead atoms. The fourth-order valence-corrected chi connectivity index (χ4v) is 0.718. The second-order valence-electron chi connectivity index (χ2n) is 1.92. The van der Waals surface area contributed by atoms with Crippen molar-refractivity contribution in [1.29, 1.82) is 0 Å². The standard InChI is InChI=1S/C8H8BO/c10-9-7-6-8-4-2-1-3-5-8/h1-7,10H/b7-6+. The van der Waals surface area contributed by atoms with Crippen LogP contribution >= 0.6 is 0 Å². The molecule has 1 N–H and O–H groups in total. The fraction of sp³-hybridized carbons (Fsp3) is 0. The lowest BCUT2D eigenvalue weighted by Crippen LogP contribution is -1.77. The van der Waals surface area contributed by atoms with Crippen LogP contribution < -0.4 is 0 Å². The molecular formula is C8H8BO. The zero-order valence-electron chi connectivity index (χ0n) is 5.57. The SMILES string of the molecule is O[B]/C=C/c1ccccc1. The highest BCUT2D eigenvalue weighted by Gasteiger charge is 1.80. The molecule has 0 fully saturated rings. The average molecular weight is 131 g/mol. The Kier molecular flexibility index (Phi) is 2.77. The van der Waals surface area contributed by atoms with Gasteiger partial charge in [0.1, 0.15) is 0 Å². The second kappa shape index (κ2) is 3.91. The van der Waals surface area contributed by atoms with E-state index in [4.69, 9.17) is 5.02 Å². The topological polar surface area (TPSA) is 20.2 Å². The third-order valence-electron chi connectivity index (χ3n) is 1.17. The molecule has 1 nitrogen and oxygen atoms in total. The zero-order valence-corrected chi connectivity index (χ0v) is 5.57. The van der Waals surface area contributed by atoms with Crippen LogP contribution in [-0.4, -0.2) is 12.5 Å². The molecule has 0 atom stereocenters. The lowest BCUT2D eigenvalue weighted by Gasteiger charge is -1.87. The zero-order chi connectivity index (χ0) is 7.23. The first-order chi connectivity index (χ1) is 4.93. The van der Waals surface area contributed by atoms with Gasteiger partial charge in [-0.15, -0.1) is 0 Å². The van der Waals surface area contributed by atoms with Crippen LogP contribution in [0.4, 0.5) is 0 Å². The summed E-state index contributed by atoms with van der Waals surface area (Å²) in [5.41, 5.74) is 1.09. The Bertz CT molecular complexity index is 206. The second-order valence-corrected chi connectivity index (χ2v) is 1.92. The van der Waals surface area contributed by atoms with Crippen LogP contribution in [-0.2, 0) is 0 Å². The van der Waals surface area contributed by atoms with E-state index >= 15 is 0 Å². The molecule has 0 aromatic heterocycles. The van der Waals surface area contributed by atoms with Crippen molar-refractivity contribution in [2.75, 3.05) is 0 Å². The molecule has 49 valence electrons. The van der Waals surface area contributed by atoms with Gasteiger partial charge < -0.3 is 5.02 Å². The van der Waals surface area contributed by atoms with Gasteiger partial charge in [-0.3, -0.25) is 0 Å². The highest BCUT2D eigenvalue weighted by Crippen LogP contribution is 1.99. The van der Waals surface area contributed by atoms with Crippen molar-refractivity contribution in [3.8, 4) is 0 Å². The Hall–Kier alpha value is -1.02. The highest BCUT2D eigenvalue weighted by atomic mass is 16.2. The van der Waals surface area contributed by atoms with Crippen molar-refractivity contribution >= 4 is 13.6 Å². The molecule has 1 rings (SSSR count). The first-order valence-corrected chi connectivity index (χ1v) is 3.12. The molecule has 0 heterocycles. The van der Waals surface area contributed by atoms with E-state index in [0.29, 0.717) is 0 Å². The van der Waals surface area contributed by atoms with Crippen molar-refractivity contribution in [2.24, 2.45) is 0 Å². The largest absolute Gasteiger partial charge is 0.450 e. The van der Waals surface area contributed by atoms with E-state index in [2.05, 4.69) is 0 Å². The van der Waals surface area contributed by atoms with Crippen LogP contribution in [0.15, 0.2) is 36.3 Å². The number of hydrogen-bond acceptors (Lipinski definition) is 1. The maximum absolute atomic E-state index is 8.32. The molecule has 0 saturated carbocycles. The quantitative estimate of drug-likeness (QED) is 0.599. The first-order valence-electron chi connectivity index (χ1n) is 3.12. The summed E-state index contributed by atoms with van der Waals surface area (Å²) < 4.78 is 0. The van der Waals surface area contributed by atoms with Gasteiger partial charge in [-0.2, -0.15) is 0 Å². The van der Waals surface area contributed by atoms with Crippen molar-refractivity contribution < 1.29 is 5.02 Å². The van der Waals surface area contributed by atoms with E-state index in [1.807, 2.05) is 36.4 Å². The molecule has 0 aliphatic rings. The Morgan fingerprint density at radius 3 is 2.50 bits per heavy atom. The number of hydrogen-bond donors (Lipinski definition) is 1. The maximum atomic E-state index is 8.32. The summed E-state index contributed by atoms with van der Waals surface area (Å²) in [4.78, 5) is 0. The van der Waals surface area contributed by atoms with Crippen LogP contribution in [0.2, 0.25) is 0 Å². The molecular weight excluding hydrogens is 123 g/mol. The van der Waals surface area contributed by atoms with Crippen molar-refractivity contribution in [1.82, 2.24) is 0 Å². The third-order valence-corrected chi connectivity index (χ3v) is 1.17. The molecule has 0 aliphatic heterocycles. The lowest BCUT2D eigenvalue weighted by molar-refractivity contribution is 0.615. The van der Waals surface area contributed by atoms with Crippen LogP contribution in [0.3, 0.4) is 0 Å². The summed E-state index contributed by atoms with van der Waals surface area (Å²) in [7, 11) is 1.02. The molecule has 2 heteroatoms. The van der Waals surface area contributed by atoms with Gasteiger partial charge in [-0.1, -0.05) is 42.4 Å². The Balaban J connectivity index is 2.67. The van der Waals surface area contributed by atoms with E-state index in [9.17, 15) is 0 Å². The van der Waals surface area contributed by atoms with Crippen LogP contribution in [0.1, 0.15) is 5.56 Å². The Labute approximate surface area is 61.3 Å². The van der Waals surface area contributed by atoms with Gasteiger partial charge in [0.15, 0.2) is 0 Å². The molecule has 0 spiro atoms. The van der Waals surface area contributed by atoms with E-state index in [0.717, 1.165) is 13.0 Å². The Morgan fingerprint density at radius 1 is 1.20 bits per heavy atom. The molecule has 0 aliphatic carbocycles. The minimum Gasteiger partial charge on any atom is -0.450 e. The summed E-state index contributed by atoms with van der Waals surface area (Å²) in [6.07, 6.45) is 1.83. The van der Waals surface area contributed by atoms with Gasteiger partial charge in [0.05, 0.1) is 0 Å². The summed E-state index contributed by atoms with van der Waals surface area (Å²) >= 11 is 0. The fourth-order valence-electron chi connectivity index (χ4n) is 0.718. The monoisotopic (exact) mass is 131 g/mol. The van der Waals surface area contributed by atoms with Crippen LogP contribution in [0, 0.1) is 0 Å². The smallest absolute Gasteiger partial charge is 0.318 e. The van der Waals surface area contributed by atoms with Gasteiger partial charge in [-0.25, -0.2) is 0 Å². The van der Waals surface area contributed by atoms with Gasteiger partial charge in [0.25, 0.3) is 0 Å². The molecule has 1 aromatic carbocycles. The first kappa shape index (κ1) is 7.10. The minimum absolute atomic E-state index is 1.02. The third kappa shape index (κ3) is 2.07. The highest BCUT2D eigenvalue weighted by molar-refractivity contribution is 6.33. The summed E-state index contributed by atoms with van der Waals surface area (Å²) in [6, 6.07) is 9.81. The van der Waals surface area contributed by atoms with Gasteiger partial charge in [-0.05, 0) is 5.56 Å². The van der Waals surface area contributed by atoms with E-state index < -0.39 is 0 Å². The molecule has 10 heavy (non-hydrogen) atoms. The normalized spacial score (nSPS) is 10.1. The van der Waals surface area contributed by atoms with Crippen LogP contribution in [0.5, 0.6) is 0 Å². The number of benzene rings is 1. The summed E-state index contributed by atoms with van der Waals surface area (Å²) in [6.45, 7) is 0. The maximum Gasteiger partial charge on any atom is 0.318 e. The van der Waals surface area contributed by atoms with Gasteiger partial charge in [0.2, 0.25) is 0 Å². The van der Waals surface area contributed by atoms with Crippen molar-refractivity contribution in [3.63, 3.8) is 0 Å². The van der Waals surface area contributed by atoms with Crippen molar-refractivity contribution in [2.45, 2.75) is 0 Å². The average Bonchev–Trinajstić information content (AvgIpc) is 2.03. The molecule has 0 unspecified atom stereocenters. The van der Waals surface area contributed by atoms with Gasteiger partial charge >= 0.3 is 7.48 Å². The molecule has 0 amide bonds. The predicted octanol–water partition coefficient (Wildman–Crippen LogP) is 1.27. The predicted molar refractivity (Wildman–Crippen MR) is 43.4 cm³/mol.